The van der Waals surface area contributed by atoms with E-state index in [2.05, 4.69) is 31.0 Å². The van der Waals surface area contributed by atoms with E-state index in [1.165, 1.54) is 32.5 Å². The average molecular weight is 228 g/mol. The smallest absolute Gasteiger partial charge is 0.0613 e. The Morgan fingerprint density at radius 3 is 2.81 bits per heavy atom. The van der Waals surface area contributed by atoms with Gasteiger partial charge in [0.15, 0.2) is 0 Å². The van der Waals surface area contributed by atoms with Crippen LogP contribution in [0.5, 0.6) is 0 Å². The van der Waals surface area contributed by atoms with E-state index in [9.17, 15) is 0 Å². The minimum absolute atomic E-state index is 0.456. The lowest BCUT2D eigenvalue weighted by Crippen LogP contribution is -2.47. The van der Waals surface area contributed by atoms with Crippen LogP contribution in [0.3, 0.4) is 0 Å². The molecule has 1 fully saturated rings. The summed E-state index contributed by atoms with van der Waals surface area (Å²) in [6.45, 7) is 11.3. The summed E-state index contributed by atoms with van der Waals surface area (Å²) in [5, 5.41) is 3.64. The third-order valence-electron chi connectivity index (χ3n) is 3.66. The molecule has 0 radical (unpaired) electrons. The van der Waals surface area contributed by atoms with Crippen LogP contribution in [0.2, 0.25) is 0 Å². The molecule has 0 amide bonds. The molecule has 1 saturated heterocycles. The van der Waals surface area contributed by atoms with E-state index >= 15 is 0 Å². The topological polar surface area (TPSA) is 24.5 Å². The Morgan fingerprint density at radius 2 is 2.19 bits per heavy atom. The Kier molecular flexibility index (Phi) is 6.32. The zero-order valence-electron chi connectivity index (χ0n) is 11.3. The van der Waals surface area contributed by atoms with Crippen molar-refractivity contribution in [2.24, 2.45) is 5.92 Å². The number of hydrogen-bond donors (Lipinski definition) is 1. The minimum atomic E-state index is 0.456. The summed E-state index contributed by atoms with van der Waals surface area (Å²) in [4.78, 5) is 2.56. The Hall–Kier alpha value is -0.120. The zero-order valence-corrected chi connectivity index (χ0v) is 11.3. The standard InChI is InChI=1S/C13H28N2O/c1-5-15-8-6-7-13(9-15)12(3)14-11(2)10-16-4/h11-14H,5-10H2,1-4H3. The molecule has 0 aromatic heterocycles. The van der Waals surface area contributed by atoms with Crippen molar-refractivity contribution in [2.45, 2.75) is 45.7 Å². The highest BCUT2D eigenvalue weighted by Gasteiger charge is 2.24. The van der Waals surface area contributed by atoms with Gasteiger partial charge in [0.25, 0.3) is 0 Å². The highest BCUT2D eigenvalue weighted by atomic mass is 16.5. The molecule has 3 nitrogen and oxygen atoms in total. The molecule has 0 aromatic carbocycles. The van der Waals surface area contributed by atoms with E-state index in [1.54, 1.807) is 7.11 Å². The van der Waals surface area contributed by atoms with Crippen molar-refractivity contribution in [2.75, 3.05) is 33.4 Å². The lowest BCUT2D eigenvalue weighted by molar-refractivity contribution is 0.132. The summed E-state index contributed by atoms with van der Waals surface area (Å²) in [6.07, 6.45) is 2.72. The predicted molar refractivity (Wildman–Crippen MR) is 68.8 cm³/mol. The fourth-order valence-electron chi connectivity index (χ4n) is 2.67. The summed E-state index contributed by atoms with van der Waals surface area (Å²) >= 11 is 0. The number of nitrogens with zero attached hydrogens (tertiary/aromatic N) is 1. The second-order valence-corrected chi connectivity index (χ2v) is 5.11. The summed E-state index contributed by atoms with van der Waals surface area (Å²) in [7, 11) is 1.77. The second-order valence-electron chi connectivity index (χ2n) is 5.11. The van der Waals surface area contributed by atoms with E-state index in [4.69, 9.17) is 4.74 Å². The maximum Gasteiger partial charge on any atom is 0.0613 e. The van der Waals surface area contributed by atoms with E-state index in [1.807, 2.05) is 0 Å². The third kappa shape index (κ3) is 4.40. The van der Waals surface area contributed by atoms with Crippen LogP contribution in [-0.4, -0.2) is 50.3 Å². The molecule has 0 spiro atoms. The quantitative estimate of drug-likeness (QED) is 0.749. The number of piperidine rings is 1. The van der Waals surface area contributed by atoms with E-state index in [0.717, 1.165) is 12.5 Å². The van der Waals surface area contributed by atoms with Gasteiger partial charge in [-0.05, 0) is 45.7 Å². The molecule has 0 aromatic rings. The maximum atomic E-state index is 5.16. The summed E-state index contributed by atoms with van der Waals surface area (Å²) < 4.78 is 5.16. The first-order valence-corrected chi connectivity index (χ1v) is 6.64. The average Bonchev–Trinajstić information content (AvgIpc) is 2.29. The van der Waals surface area contributed by atoms with Crippen molar-refractivity contribution in [3.63, 3.8) is 0 Å². The molecule has 0 bridgehead atoms. The van der Waals surface area contributed by atoms with Crippen LogP contribution in [0.4, 0.5) is 0 Å². The van der Waals surface area contributed by atoms with Crippen LogP contribution in [0, 0.1) is 5.92 Å². The van der Waals surface area contributed by atoms with Gasteiger partial charge >= 0.3 is 0 Å². The molecule has 0 aliphatic carbocycles. The van der Waals surface area contributed by atoms with Gasteiger partial charge in [0.2, 0.25) is 0 Å². The van der Waals surface area contributed by atoms with Gasteiger partial charge in [-0.15, -0.1) is 0 Å². The van der Waals surface area contributed by atoms with Gasteiger partial charge in [-0.1, -0.05) is 6.92 Å². The molecular weight excluding hydrogens is 200 g/mol. The minimum Gasteiger partial charge on any atom is -0.383 e. The van der Waals surface area contributed by atoms with Crippen LogP contribution >= 0.6 is 0 Å². The number of likely N-dealkylation sites (tertiary alicyclic amines) is 1. The third-order valence-corrected chi connectivity index (χ3v) is 3.66. The molecule has 96 valence electrons. The molecule has 1 aliphatic rings. The Morgan fingerprint density at radius 1 is 1.44 bits per heavy atom. The normalized spacial score (nSPS) is 26.6. The van der Waals surface area contributed by atoms with E-state index < -0.39 is 0 Å². The Labute approximate surface area is 101 Å². The van der Waals surface area contributed by atoms with Crippen LogP contribution in [-0.2, 0) is 4.74 Å². The van der Waals surface area contributed by atoms with Gasteiger partial charge in [-0.2, -0.15) is 0 Å². The van der Waals surface area contributed by atoms with Crippen molar-refractivity contribution in [3.8, 4) is 0 Å². The van der Waals surface area contributed by atoms with Crippen molar-refractivity contribution in [1.29, 1.82) is 0 Å². The molecule has 3 atom stereocenters. The lowest BCUT2D eigenvalue weighted by Gasteiger charge is -2.36. The van der Waals surface area contributed by atoms with Crippen LogP contribution in [0.1, 0.15) is 33.6 Å². The largest absolute Gasteiger partial charge is 0.383 e. The molecule has 1 aliphatic heterocycles. The SMILES string of the molecule is CCN1CCCC(C(C)NC(C)COC)C1. The first-order valence-electron chi connectivity index (χ1n) is 6.64. The highest BCUT2D eigenvalue weighted by molar-refractivity contribution is 4.81. The number of nitrogens with one attached hydrogen (secondary N) is 1. The molecule has 1 heterocycles. The van der Waals surface area contributed by atoms with Crippen LogP contribution < -0.4 is 5.32 Å². The molecular formula is C13H28N2O. The number of hydrogen-bond acceptors (Lipinski definition) is 3. The van der Waals surface area contributed by atoms with E-state index in [0.29, 0.717) is 12.1 Å². The molecule has 16 heavy (non-hydrogen) atoms. The highest BCUT2D eigenvalue weighted by Crippen LogP contribution is 2.19. The first-order chi connectivity index (χ1) is 7.67. The Balaban J connectivity index is 2.32. The van der Waals surface area contributed by atoms with Gasteiger partial charge in [0, 0.05) is 25.7 Å². The van der Waals surface area contributed by atoms with Crippen molar-refractivity contribution in [3.05, 3.63) is 0 Å². The summed E-state index contributed by atoms with van der Waals surface area (Å²) in [6, 6.07) is 1.05. The van der Waals surface area contributed by atoms with Gasteiger partial charge in [0.05, 0.1) is 6.61 Å². The first kappa shape index (κ1) is 13.9. The predicted octanol–water partition coefficient (Wildman–Crippen LogP) is 1.73. The maximum absolute atomic E-state index is 5.16. The van der Waals surface area contributed by atoms with Crippen molar-refractivity contribution >= 4 is 0 Å². The van der Waals surface area contributed by atoms with E-state index in [-0.39, 0.29) is 0 Å². The van der Waals surface area contributed by atoms with Gasteiger partial charge in [-0.3, -0.25) is 0 Å². The van der Waals surface area contributed by atoms with Crippen molar-refractivity contribution in [1.82, 2.24) is 10.2 Å². The fourth-order valence-corrected chi connectivity index (χ4v) is 2.67. The van der Waals surface area contributed by atoms with Crippen LogP contribution in [0.15, 0.2) is 0 Å². The molecule has 3 heteroatoms. The van der Waals surface area contributed by atoms with Gasteiger partial charge in [0.1, 0.15) is 0 Å². The molecule has 3 unspecified atom stereocenters. The summed E-state index contributed by atoms with van der Waals surface area (Å²) in [5.41, 5.74) is 0. The molecule has 1 rings (SSSR count). The lowest BCUT2D eigenvalue weighted by atomic mass is 9.91. The monoisotopic (exact) mass is 228 g/mol. The van der Waals surface area contributed by atoms with Crippen molar-refractivity contribution < 1.29 is 4.74 Å². The summed E-state index contributed by atoms with van der Waals surface area (Å²) in [5.74, 6) is 0.799. The van der Waals surface area contributed by atoms with Gasteiger partial charge in [-0.25, -0.2) is 0 Å². The Bertz CT molecular complexity index is 187. The zero-order chi connectivity index (χ0) is 12.0. The fraction of sp³-hybridized carbons (Fsp3) is 1.00. The molecule has 0 saturated carbocycles. The number of ether oxygens (including phenoxy) is 1. The molecule has 1 N–H and O–H groups in total. The number of rotatable bonds is 6. The number of methoxy groups -OCH3 is 1. The second kappa shape index (κ2) is 7.25. The van der Waals surface area contributed by atoms with Crippen LogP contribution in [0.25, 0.3) is 0 Å². The van der Waals surface area contributed by atoms with Gasteiger partial charge < -0.3 is 15.0 Å².